The van der Waals surface area contributed by atoms with Crippen molar-refractivity contribution in [2.24, 2.45) is 0 Å². The summed E-state index contributed by atoms with van der Waals surface area (Å²) in [5.74, 6) is 0.0779. The van der Waals surface area contributed by atoms with E-state index in [0.717, 1.165) is 16.2 Å². The summed E-state index contributed by atoms with van der Waals surface area (Å²) in [5, 5.41) is 14.9. The number of rotatable bonds is 9. The quantitative estimate of drug-likeness (QED) is 0.322. The zero-order valence-corrected chi connectivity index (χ0v) is 19.7. The van der Waals surface area contributed by atoms with Crippen LogP contribution in [0.4, 0.5) is 10.5 Å². The van der Waals surface area contributed by atoms with E-state index in [0.29, 0.717) is 17.8 Å². The molecular formula is C24H23N4O6S+. The minimum atomic E-state index is -0.562. The molecule has 10 nitrogen and oxygen atoms in total. The number of amides is 4. The first-order valence-corrected chi connectivity index (χ1v) is 11.8. The van der Waals surface area contributed by atoms with Gasteiger partial charge in [-0.1, -0.05) is 12.1 Å². The lowest BCUT2D eigenvalue weighted by Crippen LogP contribution is -2.55. The average molecular weight is 496 g/mol. The molecule has 2 aliphatic heterocycles. The van der Waals surface area contributed by atoms with Crippen molar-refractivity contribution in [3.63, 3.8) is 0 Å². The molecule has 2 aromatic carbocycles. The Balaban J connectivity index is 1.41. The Morgan fingerprint density at radius 3 is 2.49 bits per heavy atom. The van der Waals surface area contributed by atoms with Crippen LogP contribution in [0.2, 0.25) is 0 Å². The van der Waals surface area contributed by atoms with Crippen molar-refractivity contribution in [2.75, 3.05) is 13.7 Å². The number of nitro groups is 1. The summed E-state index contributed by atoms with van der Waals surface area (Å²) >= 11 is 1.30. The third-order valence-electron chi connectivity index (χ3n) is 5.68. The van der Waals surface area contributed by atoms with Crippen LogP contribution in [0, 0.1) is 10.1 Å². The van der Waals surface area contributed by atoms with Gasteiger partial charge in [0.15, 0.2) is 5.25 Å². The van der Waals surface area contributed by atoms with Crippen LogP contribution >= 0.6 is 11.8 Å². The van der Waals surface area contributed by atoms with Gasteiger partial charge in [-0.2, -0.15) is 14.3 Å². The van der Waals surface area contributed by atoms with E-state index in [4.69, 9.17) is 4.74 Å². The number of urea groups is 1. The van der Waals surface area contributed by atoms with Crippen molar-refractivity contribution >= 4 is 41.0 Å². The van der Waals surface area contributed by atoms with E-state index >= 15 is 0 Å². The molecule has 35 heavy (non-hydrogen) atoms. The van der Waals surface area contributed by atoms with Crippen molar-refractivity contribution in [3.8, 4) is 5.75 Å². The SMILES string of the molecule is COc1ccc(CNC(=O)CCN2C(=O)C3SC=CC3=[N+](Cc3ccc([N+](=O)[O-])cc3)C2=O)cc1. The highest BCUT2D eigenvalue weighted by molar-refractivity contribution is 8.04. The first-order chi connectivity index (χ1) is 16.9. The summed E-state index contributed by atoms with van der Waals surface area (Å²) in [6.07, 6.45) is 1.70. The largest absolute Gasteiger partial charge is 0.501 e. The van der Waals surface area contributed by atoms with Gasteiger partial charge in [-0.25, -0.2) is 4.79 Å². The number of fused-ring (bicyclic) bond motifs is 1. The standard InChI is InChI=1S/C24H22N4O6S/c1-34-19-8-4-16(5-9-19)14-25-21(29)10-12-26-23(30)22-20(11-13-35-22)27(24(26)31)15-17-2-6-18(7-3-17)28(32)33/h2-9,11,13,22H,10,12,14-15H2,1H3/p+1. The molecule has 2 heterocycles. The Morgan fingerprint density at radius 2 is 1.83 bits per heavy atom. The van der Waals surface area contributed by atoms with Crippen LogP contribution in [0.25, 0.3) is 0 Å². The predicted molar refractivity (Wildman–Crippen MR) is 129 cm³/mol. The molecule has 1 N–H and O–H groups in total. The van der Waals surface area contributed by atoms with E-state index < -0.39 is 16.2 Å². The summed E-state index contributed by atoms with van der Waals surface area (Å²) in [6, 6.07) is 12.7. The minimum Gasteiger partial charge on any atom is -0.497 e. The molecule has 0 aromatic heterocycles. The Kier molecular flexibility index (Phi) is 7.25. The van der Waals surface area contributed by atoms with Crippen LogP contribution in [0.5, 0.6) is 5.75 Å². The van der Waals surface area contributed by atoms with E-state index in [9.17, 15) is 24.5 Å². The molecular weight excluding hydrogens is 472 g/mol. The summed E-state index contributed by atoms with van der Waals surface area (Å²) in [5.41, 5.74) is 2.11. The Labute approximate surface area is 205 Å². The smallest absolute Gasteiger partial charge is 0.497 e. The molecule has 0 radical (unpaired) electrons. The van der Waals surface area contributed by atoms with Crippen LogP contribution in [-0.2, 0) is 22.7 Å². The second-order valence-corrected chi connectivity index (χ2v) is 8.92. The minimum absolute atomic E-state index is 0.0286. The average Bonchev–Trinajstić information content (AvgIpc) is 3.36. The van der Waals surface area contributed by atoms with Crippen molar-refractivity contribution in [2.45, 2.75) is 24.8 Å². The van der Waals surface area contributed by atoms with Gasteiger partial charge in [-0.05, 0) is 46.9 Å². The second kappa shape index (κ2) is 10.5. The van der Waals surface area contributed by atoms with Crippen LogP contribution in [0.15, 0.2) is 60.0 Å². The fraction of sp³-hybridized carbons (Fsp3) is 0.250. The van der Waals surface area contributed by atoms with Gasteiger partial charge in [0, 0.05) is 18.7 Å². The number of nitrogens with one attached hydrogen (secondary N) is 1. The topological polar surface area (TPSA) is 122 Å². The van der Waals surface area contributed by atoms with Gasteiger partial charge in [-0.3, -0.25) is 14.9 Å². The molecule has 180 valence electrons. The van der Waals surface area contributed by atoms with E-state index in [2.05, 4.69) is 5.32 Å². The molecule has 0 spiro atoms. The van der Waals surface area contributed by atoms with Gasteiger partial charge >= 0.3 is 11.9 Å². The monoisotopic (exact) mass is 495 g/mol. The number of ether oxygens (including phenoxy) is 1. The number of imide groups is 1. The Bertz CT molecular complexity index is 1220. The molecule has 0 fully saturated rings. The van der Waals surface area contributed by atoms with Gasteiger partial charge < -0.3 is 10.1 Å². The molecule has 2 aromatic rings. The normalized spacial score (nSPS) is 16.9. The molecule has 1 atom stereocenters. The third-order valence-corrected chi connectivity index (χ3v) is 6.69. The number of thioether (sulfide) groups is 1. The van der Waals surface area contributed by atoms with Gasteiger partial charge in [0.2, 0.25) is 5.91 Å². The van der Waals surface area contributed by atoms with Crippen LogP contribution in [-0.4, -0.2) is 56.9 Å². The second-order valence-electron chi connectivity index (χ2n) is 7.90. The fourth-order valence-corrected chi connectivity index (χ4v) is 4.73. The molecule has 11 heteroatoms. The zero-order chi connectivity index (χ0) is 24.9. The highest BCUT2D eigenvalue weighted by Gasteiger charge is 2.48. The highest BCUT2D eigenvalue weighted by Crippen LogP contribution is 2.28. The van der Waals surface area contributed by atoms with Crippen LogP contribution in [0.1, 0.15) is 17.5 Å². The first-order valence-electron chi connectivity index (χ1n) is 10.8. The lowest BCUT2D eigenvalue weighted by molar-refractivity contribution is -0.454. The number of hydrogen-bond acceptors (Lipinski definition) is 7. The molecule has 0 aliphatic carbocycles. The number of nitrogens with zero attached hydrogens (tertiary/aromatic N) is 3. The van der Waals surface area contributed by atoms with E-state index in [1.807, 2.05) is 12.1 Å². The summed E-state index contributed by atoms with van der Waals surface area (Å²) in [4.78, 5) is 50.1. The molecule has 0 saturated carbocycles. The molecule has 4 rings (SSSR count). The first kappa shape index (κ1) is 24.1. The van der Waals surface area contributed by atoms with Crippen LogP contribution in [0.3, 0.4) is 0 Å². The number of allylic oxidation sites excluding steroid dienone is 1. The number of non-ortho nitro benzene ring substituents is 1. The predicted octanol–water partition coefficient (Wildman–Crippen LogP) is 2.85. The number of methoxy groups -OCH3 is 1. The number of benzene rings is 2. The van der Waals surface area contributed by atoms with Gasteiger partial charge in [0.25, 0.3) is 5.69 Å². The number of carbonyl (C=O) groups is 3. The fourth-order valence-electron chi connectivity index (χ4n) is 3.77. The molecule has 0 saturated heterocycles. The maximum atomic E-state index is 13.2. The molecule has 2 aliphatic rings. The summed E-state index contributed by atoms with van der Waals surface area (Å²) < 4.78 is 6.60. The number of nitro benzene ring substituents is 1. The van der Waals surface area contributed by atoms with Crippen molar-refractivity contribution in [1.29, 1.82) is 0 Å². The zero-order valence-electron chi connectivity index (χ0n) is 18.9. The Morgan fingerprint density at radius 1 is 1.14 bits per heavy atom. The number of carbonyl (C=O) groups excluding carboxylic acids is 3. The maximum absolute atomic E-state index is 13.2. The van der Waals surface area contributed by atoms with Crippen molar-refractivity contribution < 1.29 is 28.6 Å². The third kappa shape index (κ3) is 5.40. The summed E-state index contributed by atoms with van der Waals surface area (Å²) in [6.45, 7) is 0.422. The summed E-state index contributed by atoms with van der Waals surface area (Å²) in [7, 11) is 1.58. The number of hydrogen-bond donors (Lipinski definition) is 1. The lowest BCUT2D eigenvalue weighted by Gasteiger charge is -2.24. The van der Waals surface area contributed by atoms with Crippen molar-refractivity contribution in [3.05, 3.63) is 81.3 Å². The Hall–Kier alpha value is -3.99. The highest BCUT2D eigenvalue weighted by atomic mass is 32.2. The molecule has 4 amide bonds. The van der Waals surface area contributed by atoms with Gasteiger partial charge in [0.05, 0.1) is 18.5 Å². The van der Waals surface area contributed by atoms with Crippen LogP contribution < -0.4 is 10.1 Å². The van der Waals surface area contributed by atoms with Gasteiger partial charge in [-0.15, -0.1) is 11.8 Å². The van der Waals surface area contributed by atoms with E-state index in [-0.39, 0.29) is 37.0 Å². The molecule has 1 unspecified atom stereocenters. The lowest BCUT2D eigenvalue weighted by atomic mass is 10.1. The maximum Gasteiger partial charge on any atom is 0.501 e. The van der Waals surface area contributed by atoms with Gasteiger partial charge in [0.1, 0.15) is 24.6 Å². The van der Waals surface area contributed by atoms with E-state index in [1.165, 1.54) is 28.5 Å². The van der Waals surface area contributed by atoms with E-state index in [1.54, 1.807) is 42.9 Å². The van der Waals surface area contributed by atoms with Crippen molar-refractivity contribution in [1.82, 2.24) is 10.2 Å². The molecule has 0 bridgehead atoms.